The zero-order chi connectivity index (χ0) is 32.3. The molecular formula is C45H29N3S. The normalized spacial score (nSPS) is 11.7. The lowest BCUT2D eigenvalue weighted by molar-refractivity contribution is 1.18. The van der Waals surface area contributed by atoms with Crippen molar-refractivity contribution in [3.05, 3.63) is 176 Å². The van der Waals surface area contributed by atoms with E-state index in [0.29, 0.717) is 0 Å². The molecule has 0 aliphatic rings. The lowest BCUT2D eigenvalue weighted by atomic mass is 9.98. The van der Waals surface area contributed by atoms with Gasteiger partial charge in [-0.25, -0.2) is 4.98 Å². The lowest BCUT2D eigenvalue weighted by Crippen LogP contribution is -1.94. The zero-order valence-corrected chi connectivity index (χ0v) is 27.3. The van der Waals surface area contributed by atoms with Crippen molar-refractivity contribution >= 4 is 48.9 Å². The van der Waals surface area contributed by atoms with Crippen LogP contribution in [-0.4, -0.2) is 14.0 Å². The number of hydrogen-bond donors (Lipinski definition) is 0. The minimum atomic E-state index is 0.938. The summed E-state index contributed by atoms with van der Waals surface area (Å²) >= 11 is 1.90. The Bertz CT molecular complexity index is 2790. The number of aromatic nitrogens is 3. The van der Waals surface area contributed by atoms with Gasteiger partial charge in [0.1, 0.15) is 5.65 Å². The van der Waals surface area contributed by atoms with Gasteiger partial charge in [-0.1, -0.05) is 133 Å². The quantitative estimate of drug-likeness (QED) is 0.183. The van der Waals surface area contributed by atoms with E-state index in [9.17, 15) is 0 Å². The molecule has 0 spiro atoms. The van der Waals surface area contributed by atoms with E-state index in [1.807, 2.05) is 17.4 Å². The van der Waals surface area contributed by atoms with E-state index in [4.69, 9.17) is 4.98 Å². The molecule has 0 saturated heterocycles. The molecule has 6 aromatic carbocycles. The fourth-order valence-corrected chi connectivity index (χ4v) is 8.79. The van der Waals surface area contributed by atoms with E-state index >= 15 is 0 Å². The predicted octanol–water partition coefficient (Wildman–Crippen LogP) is 12.3. The Hall–Kier alpha value is -6.23. The van der Waals surface area contributed by atoms with Crippen LogP contribution in [0.4, 0.5) is 0 Å². The van der Waals surface area contributed by atoms with Crippen molar-refractivity contribution in [2.75, 3.05) is 0 Å². The molecule has 0 radical (unpaired) electrons. The summed E-state index contributed by atoms with van der Waals surface area (Å²) in [6.07, 6.45) is 2.10. The molecule has 0 unspecified atom stereocenters. The number of nitrogens with zero attached hydrogens (tertiary/aromatic N) is 3. The van der Waals surface area contributed by atoms with Crippen LogP contribution in [0.15, 0.2) is 176 Å². The number of benzene rings is 6. The molecule has 4 heteroatoms. The average Bonchev–Trinajstić information content (AvgIpc) is 3.86. The summed E-state index contributed by atoms with van der Waals surface area (Å²) in [5.41, 5.74) is 12.6. The highest BCUT2D eigenvalue weighted by Gasteiger charge is 2.22. The highest BCUT2D eigenvalue weighted by Crippen LogP contribution is 2.49. The fourth-order valence-electron chi connectivity index (χ4n) is 7.41. The van der Waals surface area contributed by atoms with Crippen LogP contribution in [0, 0.1) is 0 Å². The minimum Gasteiger partial charge on any atom is -0.309 e. The third-order valence-corrected chi connectivity index (χ3v) is 10.8. The monoisotopic (exact) mass is 643 g/mol. The van der Waals surface area contributed by atoms with Gasteiger partial charge in [-0.15, -0.1) is 11.3 Å². The van der Waals surface area contributed by atoms with Crippen LogP contribution in [0.5, 0.6) is 0 Å². The maximum atomic E-state index is 5.10. The Morgan fingerprint density at radius 2 is 1.12 bits per heavy atom. The van der Waals surface area contributed by atoms with Crippen LogP contribution in [0.1, 0.15) is 0 Å². The number of para-hydroxylation sites is 1. The molecule has 4 aromatic heterocycles. The smallest absolute Gasteiger partial charge is 0.137 e. The molecule has 0 atom stereocenters. The second kappa shape index (κ2) is 11.2. The van der Waals surface area contributed by atoms with Gasteiger partial charge in [-0.05, 0) is 47.5 Å². The van der Waals surface area contributed by atoms with Gasteiger partial charge in [-0.2, -0.15) is 0 Å². The second-order valence-electron chi connectivity index (χ2n) is 12.4. The third-order valence-electron chi connectivity index (χ3n) is 9.57. The molecule has 10 rings (SSSR count). The maximum absolute atomic E-state index is 5.10. The Balaban J connectivity index is 1.18. The maximum Gasteiger partial charge on any atom is 0.137 e. The zero-order valence-electron chi connectivity index (χ0n) is 26.5. The number of pyridine rings is 1. The predicted molar refractivity (Wildman–Crippen MR) is 207 cm³/mol. The molecule has 0 bridgehead atoms. The van der Waals surface area contributed by atoms with Crippen LogP contribution in [-0.2, 0) is 0 Å². The van der Waals surface area contributed by atoms with E-state index in [1.54, 1.807) is 0 Å². The van der Waals surface area contributed by atoms with Gasteiger partial charge >= 0.3 is 0 Å². The second-order valence-corrected chi connectivity index (χ2v) is 13.4. The van der Waals surface area contributed by atoms with Crippen molar-refractivity contribution in [1.29, 1.82) is 0 Å². The molecule has 0 aliphatic heterocycles. The molecule has 0 saturated carbocycles. The Morgan fingerprint density at radius 1 is 0.469 bits per heavy atom. The fraction of sp³-hybridized carbons (Fsp3) is 0. The molecule has 0 fully saturated rings. The number of imidazole rings is 1. The summed E-state index contributed by atoms with van der Waals surface area (Å²) in [5.74, 6) is 0. The van der Waals surface area contributed by atoms with Crippen molar-refractivity contribution in [3.8, 4) is 49.8 Å². The molecule has 4 heterocycles. The van der Waals surface area contributed by atoms with Crippen molar-refractivity contribution in [3.63, 3.8) is 0 Å². The Labute approximate surface area is 287 Å². The highest BCUT2D eigenvalue weighted by atomic mass is 32.1. The van der Waals surface area contributed by atoms with Crippen LogP contribution in [0.25, 0.3) is 87.3 Å². The summed E-state index contributed by atoms with van der Waals surface area (Å²) in [7, 11) is 0. The first-order valence-corrected chi connectivity index (χ1v) is 17.4. The first-order valence-electron chi connectivity index (χ1n) is 16.6. The number of hydrogen-bond acceptors (Lipinski definition) is 2. The van der Waals surface area contributed by atoms with E-state index in [-0.39, 0.29) is 0 Å². The van der Waals surface area contributed by atoms with Gasteiger partial charge in [0.15, 0.2) is 0 Å². The van der Waals surface area contributed by atoms with Crippen molar-refractivity contribution < 1.29 is 0 Å². The summed E-state index contributed by atoms with van der Waals surface area (Å²) in [4.78, 5) is 6.41. The third kappa shape index (κ3) is 4.38. The summed E-state index contributed by atoms with van der Waals surface area (Å²) in [6, 6.07) is 60.7. The standard InChI is InChI=1S/C45H29N3S/c1-4-14-30(15-5-1)40-36-27-28-38-41(45(36)49-44(40)33-18-8-3-9-19-33)35-20-10-11-21-37(35)48(38)34-25-23-31(24-26-34)42-43(32-16-6-2-7-17-32)47-29-13-12-22-39(47)46-42/h1-29H. The molecule has 230 valence electrons. The topological polar surface area (TPSA) is 22.2 Å². The summed E-state index contributed by atoms with van der Waals surface area (Å²) in [5, 5.41) is 3.86. The van der Waals surface area contributed by atoms with Gasteiger partial charge in [0, 0.05) is 54.3 Å². The Kier molecular flexibility index (Phi) is 6.36. The van der Waals surface area contributed by atoms with Crippen molar-refractivity contribution in [2.45, 2.75) is 0 Å². The highest BCUT2D eigenvalue weighted by molar-refractivity contribution is 7.24. The summed E-state index contributed by atoms with van der Waals surface area (Å²) < 4.78 is 5.92. The van der Waals surface area contributed by atoms with Gasteiger partial charge in [-0.3, -0.25) is 4.40 Å². The van der Waals surface area contributed by atoms with Crippen molar-refractivity contribution in [1.82, 2.24) is 14.0 Å². The van der Waals surface area contributed by atoms with Gasteiger partial charge in [0.05, 0.1) is 22.4 Å². The molecule has 0 aliphatic carbocycles. The first-order chi connectivity index (χ1) is 24.3. The Morgan fingerprint density at radius 3 is 1.88 bits per heavy atom. The largest absolute Gasteiger partial charge is 0.309 e. The summed E-state index contributed by atoms with van der Waals surface area (Å²) in [6.45, 7) is 0. The minimum absolute atomic E-state index is 0.938. The van der Waals surface area contributed by atoms with E-state index < -0.39 is 0 Å². The SMILES string of the molecule is c1ccc(-c2sc3c(ccc4c3c3ccccc3n4-c3ccc(-c4nc5ccccn5c4-c4ccccc4)cc3)c2-c2ccccc2)cc1. The van der Waals surface area contributed by atoms with Gasteiger partial charge in [0.2, 0.25) is 0 Å². The molecular weight excluding hydrogens is 615 g/mol. The van der Waals surface area contributed by atoms with Crippen LogP contribution < -0.4 is 0 Å². The molecule has 3 nitrogen and oxygen atoms in total. The van der Waals surface area contributed by atoms with Crippen molar-refractivity contribution in [2.24, 2.45) is 0 Å². The lowest BCUT2D eigenvalue weighted by Gasteiger charge is -2.10. The van der Waals surface area contributed by atoms with Crippen LogP contribution in [0.2, 0.25) is 0 Å². The van der Waals surface area contributed by atoms with E-state index in [1.165, 1.54) is 53.5 Å². The van der Waals surface area contributed by atoms with Gasteiger partial charge < -0.3 is 4.57 Å². The molecule has 49 heavy (non-hydrogen) atoms. The number of rotatable bonds is 5. The van der Waals surface area contributed by atoms with Crippen LogP contribution >= 0.6 is 11.3 Å². The van der Waals surface area contributed by atoms with E-state index in [0.717, 1.165) is 33.8 Å². The number of fused-ring (bicyclic) bond motifs is 6. The first kappa shape index (κ1) is 27.8. The number of thiophene rings is 1. The van der Waals surface area contributed by atoms with E-state index in [2.05, 4.69) is 179 Å². The molecule has 10 aromatic rings. The van der Waals surface area contributed by atoms with Gasteiger partial charge in [0.25, 0.3) is 0 Å². The average molecular weight is 644 g/mol. The van der Waals surface area contributed by atoms with Crippen LogP contribution in [0.3, 0.4) is 0 Å². The molecule has 0 amide bonds. The molecule has 0 N–H and O–H groups in total.